The molecule has 0 amide bonds. The molecule has 2 aromatic carbocycles. The summed E-state index contributed by atoms with van der Waals surface area (Å²) in [7, 11) is 0. The normalized spacial score (nSPS) is 10.8. The topological polar surface area (TPSA) is 52.0 Å². The molecular formula is C16H12FIN2O. The molecule has 0 bridgehead atoms. The highest BCUT2D eigenvalue weighted by atomic mass is 127. The number of rotatable bonds is 2. The molecule has 1 heterocycles. The number of nitrogens with zero attached hydrogens (tertiary/aromatic N) is 1. The van der Waals surface area contributed by atoms with Gasteiger partial charge in [-0.05, 0) is 58.8 Å². The van der Waals surface area contributed by atoms with Crippen LogP contribution in [0.1, 0.15) is 5.56 Å². The van der Waals surface area contributed by atoms with Crippen LogP contribution in [0.15, 0.2) is 47.0 Å². The minimum atomic E-state index is -0.281. The Morgan fingerprint density at radius 2 is 1.90 bits per heavy atom. The van der Waals surface area contributed by atoms with E-state index < -0.39 is 0 Å². The van der Waals surface area contributed by atoms with Crippen LogP contribution in [0, 0.1) is 16.3 Å². The van der Waals surface area contributed by atoms with E-state index in [0.29, 0.717) is 5.69 Å². The summed E-state index contributed by atoms with van der Waals surface area (Å²) in [4.78, 5) is 0. The van der Waals surface area contributed by atoms with Gasteiger partial charge in [-0.25, -0.2) is 4.39 Å². The predicted octanol–water partition coefficient (Wildman–Crippen LogP) is 4.64. The summed E-state index contributed by atoms with van der Waals surface area (Å²) < 4.78 is 19.2. The lowest BCUT2D eigenvalue weighted by molar-refractivity contribution is 0.439. The molecule has 0 atom stereocenters. The van der Waals surface area contributed by atoms with Gasteiger partial charge < -0.3 is 10.3 Å². The van der Waals surface area contributed by atoms with Crippen LogP contribution < -0.4 is 5.73 Å². The standard InChI is InChI=1S/C16H12FIN2O/c1-9-4-2-3-5-11(9)14-15(20-21-16(14)19)12-7-6-10(17)8-13(12)18/h2-8H,19H2,1H3. The van der Waals surface area contributed by atoms with Crippen molar-refractivity contribution in [1.29, 1.82) is 0 Å². The molecule has 0 unspecified atom stereocenters. The number of benzene rings is 2. The first-order chi connectivity index (χ1) is 10.1. The fraction of sp³-hybridized carbons (Fsp3) is 0.0625. The second-order valence-electron chi connectivity index (χ2n) is 4.71. The Balaban J connectivity index is 2.25. The van der Waals surface area contributed by atoms with Crippen molar-refractivity contribution >= 4 is 28.5 Å². The highest BCUT2D eigenvalue weighted by Crippen LogP contribution is 2.39. The first kappa shape index (κ1) is 14.1. The summed E-state index contributed by atoms with van der Waals surface area (Å²) in [5.74, 6) is -0.0171. The van der Waals surface area contributed by atoms with Crippen molar-refractivity contribution in [2.75, 3.05) is 5.73 Å². The number of hydrogen-bond donors (Lipinski definition) is 1. The Bertz CT molecular complexity index is 814. The van der Waals surface area contributed by atoms with E-state index in [1.807, 2.05) is 31.2 Å². The molecule has 0 spiro atoms. The Kier molecular flexibility index (Phi) is 3.67. The first-order valence-corrected chi connectivity index (χ1v) is 7.42. The van der Waals surface area contributed by atoms with E-state index in [1.54, 1.807) is 6.07 Å². The van der Waals surface area contributed by atoms with Gasteiger partial charge in [-0.3, -0.25) is 0 Å². The molecule has 3 aromatic rings. The molecule has 0 fully saturated rings. The smallest absolute Gasteiger partial charge is 0.230 e. The maximum atomic E-state index is 13.3. The summed E-state index contributed by atoms with van der Waals surface area (Å²) in [6.45, 7) is 2.00. The van der Waals surface area contributed by atoms with Crippen LogP contribution in [0.2, 0.25) is 0 Å². The van der Waals surface area contributed by atoms with Crippen molar-refractivity contribution in [2.24, 2.45) is 0 Å². The molecule has 3 rings (SSSR count). The Hall–Kier alpha value is -1.89. The number of nitrogen functional groups attached to an aromatic ring is 1. The van der Waals surface area contributed by atoms with Crippen molar-refractivity contribution in [3.05, 3.63) is 57.4 Å². The van der Waals surface area contributed by atoms with E-state index in [9.17, 15) is 4.39 Å². The molecular weight excluding hydrogens is 382 g/mol. The SMILES string of the molecule is Cc1ccccc1-c1c(-c2ccc(F)cc2I)noc1N. The number of halogens is 2. The van der Waals surface area contributed by atoms with Crippen molar-refractivity contribution in [3.63, 3.8) is 0 Å². The zero-order valence-corrected chi connectivity index (χ0v) is 13.4. The van der Waals surface area contributed by atoms with E-state index >= 15 is 0 Å². The molecule has 1 aromatic heterocycles. The summed E-state index contributed by atoms with van der Waals surface area (Å²) >= 11 is 2.08. The van der Waals surface area contributed by atoms with E-state index in [2.05, 4.69) is 27.7 Å². The number of nitrogens with two attached hydrogens (primary N) is 1. The Morgan fingerprint density at radius 1 is 1.14 bits per heavy atom. The average molecular weight is 394 g/mol. The minimum absolute atomic E-state index is 0.263. The summed E-state index contributed by atoms with van der Waals surface area (Å²) in [5, 5.41) is 4.07. The van der Waals surface area contributed by atoms with E-state index in [-0.39, 0.29) is 11.7 Å². The van der Waals surface area contributed by atoms with E-state index in [4.69, 9.17) is 10.3 Å². The molecule has 2 N–H and O–H groups in total. The number of hydrogen-bond acceptors (Lipinski definition) is 3. The third-order valence-electron chi connectivity index (χ3n) is 3.32. The molecule has 0 saturated carbocycles. The van der Waals surface area contributed by atoms with Crippen LogP contribution >= 0.6 is 22.6 Å². The Labute approximate surface area is 135 Å². The fourth-order valence-corrected chi connectivity index (χ4v) is 3.01. The summed E-state index contributed by atoms with van der Waals surface area (Å²) in [5.41, 5.74) is 10.2. The van der Waals surface area contributed by atoms with Gasteiger partial charge in [-0.15, -0.1) is 0 Å². The van der Waals surface area contributed by atoms with Gasteiger partial charge in [-0.2, -0.15) is 0 Å². The zero-order valence-electron chi connectivity index (χ0n) is 11.2. The number of aryl methyl sites for hydroxylation is 1. The van der Waals surface area contributed by atoms with Gasteiger partial charge in [0.15, 0.2) is 0 Å². The maximum Gasteiger partial charge on any atom is 0.230 e. The molecule has 5 heteroatoms. The van der Waals surface area contributed by atoms with Crippen molar-refractivity contribution in [1.82, 2.24) is 5.16 Å². The second kappa shape index (κ2) is 5.48. The minimum Gasteiger partial charge on any atom is -0.367 e. The van der Waals surface area contributed by atoms with Crippen LogP contribution in [0.3, 0.4) is 0 Å². The molecule has 0 radical (unpaired) electrons. The molecule has 0 aliphatic heterocycles. The maximum absolute atomic E-state index is 13.3. The molecule has 0 aliphatic carbocycles. The molecule has 0 saturated heterocycles. The Morgan fingerprint density at radius 3 is 2.62 bits per heavy atom. The van der Waals surface area contributed by atoms with Crippen molar-refractivity contribution < 1.29 is 8.91 Å². The van der Waals surface area contributed by atoms with Gasteiger partial charge in [0.25, 0.3) is 0 Å². The van der Waals surface area contributed by atoms with E-state index in [0.717, 1.165) is 25.8 Å². The van der Waals surface area contributed by atoms with Gasteiger partial charge in [0.05, 0.1) is 5.56 Å². The summed E-state index contributed by atoms with van der Waals surface area (Å²) in [6.07, 6.45) is 0. The van der Waals surface area contributed by atoms with Gasteiger partial charge in [0.1, 0.15) is 11.5 Å². The van der Waals surface area contributed by atoms with Crippen LogP contribution in [0.4, 0.5) is 10.3 Å². The molecule has 0 aliphatic rings. The van der Waals surface area contributed by atoms with Crippen LogP contribution in [0.25, 0.3) is 22.4 Å². The monoisotopic (exact) mass is 394 g/mol. The first-order valence-electron chi connectivity index (χ1n) is 6.34. The van der Waals surface area contributed by atoms with E-state index in [1.165, 1.54) is 12.1 Å². The lowest BCUT2D eigenvalue weighted by atomic mass is 9.97. The third kappa shape index (κ3) is 2.53. The lowest BCUT2D eigenvalue weighted by Crippen LogP contribution is -1.92. The largest absolute Gasteiger partial charge is 0.367 e. The van der Waals surface area contributed by atoms with Gasteiger partial charge in [0.2, 0.25) is 5.88 Å². The highest BCUT2D eigenvalue weighted by Gasteiger charge is 2.20. The molecule has 21 heavy (non-hydrogen) atoms. The highest BCUT2D eigenvalue weighted by molar-refractivity contribution is 14.1. The second-order valence-corrected chi connectivity index (χ2v) is 5.87. The fourth-order valence-electron chi connectivity index (χ4n) is 2.28. The zero-order chi connectivity index (χ0) is 15.0. The van der Waals surface area contributed by atoms with Crippen LogP contribution in [-0.4, -0.2) is 5.16 Å². The average Bonchev–Trinajstić information content (AvgIpc) is 2.81. The van der Waals surface area contributed by atoms with Crippen LogP contribution in [-0.2, 0) is 0 Å². The number of anilines is 1. The van der Waals surface area contributed by atoms with Gasteiger partial charge >= 0.3 is 0 Å². The predicted molar refractivity (Wildman–Crippen MR) is 89.2 cm³/mol. The van der Waals surface area contributed by atoms with Gasteiger partial charge in [-0.1, -0.05) is 29.4 Å². The third-order valence-corrected chi connectivity index (χ3v) is 4.21. The van der Waals surface area contributed by atoms with Crippen molar-refractivity contribution in [3.8, 4) is 22.4 Å². The number of aromatic nitrogens is 1. The van der Waals surface area contributed by atoms with Crippen molar-refractivity contribution in [2.45, 2.75) is 6.92 Å². The molecule has 3 nitrogen and oxygen atoms in total. The molecule has 106 valence electrons. The van der Waals surface area contributed by atoms with Crippen LogP contribution in [0.5, 0.6) is 0 Å². The lowest BCUT2D eigenvalue weighted by Gasteiger charge is -2.07. The summed E-state index contributed by atoms with van der Waals surface area (Å²) in [6, 6.07) is 12.4. The quantitative estimate of drug-likeness (QED) is 0.645. The van der Waals surface area contributed by atoms with Gasteiger partial charge in [0, 0.05) is 9.13 Å².